The Morgan fingerprint density at radius 2 is 2.10 bits per heavy atom. The molecule has 0 aliphatic carbocycles. The first-order valence-corrected chi connectivity index (χ1v) is 7.10. The first-order valence-electron chi connectivity index (χ1n) is 7.10. The molecule has 0 bridgehead atoms. The quantitative estimate of drug-likeness (QED) is 0.866. The Morgan fingerprint density at radius 1 is 1.43 bits per heavy atom. The number of carboxylic acids is 1. The molecule has 1 fully saturated rings. The van der Waals surface area contributed by atoms with Crippen LogP contribution in [0.3, 0.4) is 0 Å². The molecular weight excluding hydrogens is 271 g/mol. The van der Waals surface area contributed by atoms with Crippen molar-refractivity contribution in [3.8, 4) is 0 Å². The summed E-state index contributed by atoms with van der Waals surface area (Å²) in [4.78, 5) is 14.9. The molecule has 1 heterocycles. The number of para-hydroxylation sites is 1. The number of rotatable bonds is 4. The summed E-state index contributed by atoms with van der Waals surface area (Å²) in [5.74, 6) is -1.35. The second-order valence-corrected chi connectivity index (χ2v) is 5.49. The Morgan fingerprint density at radius 3 is 2.71 bits per heavy atom. The summed E-state index contributed by atoms with van der Waals surface area (Å²) in [5, 5.41) is 8.75. The SMILES string of the molecule is CN1CCC(N(C)c2c(F)cccc2/C=C/C(=O)O)CC1. The Kier molecular flexibility index (Phi) is 4.96. The van der Waals surface area contributed by atoms with E-state index < -0.39 is 5.97 Å². The average Bonchev–Trinajstić information content (AvgIpc) is 2.45. The van der Waals surface area contributed by atoms with Gasteiger partial charge < -0.3 is 14.9 Å². The number of carboxylic acid groups (broad SMARTS) is 1. The van der Waals surface area contributed by atoms with E-state index in [-0.39, 0.29) is 11.9 Å². The smallest absolute Gasteiger partial charge is 0.328 e. The number of carbonyl (C=O) groups is 1. The number of halogens is 1. The molecule has 1 saturated heterocycles. The number of benzene rings is 1. The fraction of sp³-hybridized carbons (Fsp3) is 0.438. The zero-order chi connectivity index (χ0) is 15.4. The molecule has 2 rings (SSSR count). The molecule has 5 heteroatoms. The maximum atomic E-state index is 14.2. The van der Waals surface area contributed by atoms with Gasteiger partial charge in [0.2, 0.25) is 0 Å². The minimum Gasteiger partial charge on any atom is -0.478 e. The highest BCUT2D eigenvalue weighted by Crippen LogP contribution is 2.29. The van der Waals surface area contributed by atoms with Crippen LogP contribution in [0.1, 0.15) is 18.4 Å². The van der Waals surface area contributed by atoms with Gasteiger partial charge in [0.25, 0.3) is 0 Å². The van der Waals surface area contributed by atoms with Crippen molar-refractivity contribution < 1.29 is 14.3 Å². The molecule has 1 aromatic carbocycles. The number of likely N-dealkylation sites (tertiary alicyclic amines) is 1. The highest BCUT2D eigenvalue weighted by molar-refractivity contribution is 5.87. The third-order valence-corrected chi connectivity index (χ3v) is 4.01. The molecule has 0 atom stereocenters. The molecule has 0 amide bonds. The van der Waals surface area contributed by atoms with Crippen LogP contribution in [0.15, 0.2) is 24.3 Å². The van der Waals surface area contributed by atoms with Gasteiger partial charge in [-0.1, -0.05) is 12.1 Å². The fourth-order valence-electron chi connectivity index (χ4n) is 2.76. The van der Waals surface area contributed by atoms with Gasteiger partial charge in [-0.05, 0) is 45.1 Å². The van der Waals surface area contributed by atoms with Gasteiger partial charge in [-0.3, -0.25) is 0 Å². The Balaban J connectivity index is 2.27. The predicted molar refractivity (Wildman–Crippen MR) is 82.0 cm³/mol. The van der Waals surface area contributed by atoms with E-state index in [9.17, 15) is 9.18 Å². The van der Waals surface area contributed by atoms with Crippen molar-refractivity contribution in [2.75, 3.05) is 32.1 Å². The molecule has 1 aliphatic heterocycles. The van der Waals surface area contributed by atoms with Crippen LogP contribution >= 0.6 is 0 Å². The first kappa shape index (κ1) is 15.5. The normalized spacial score (nSPS) is 17.3. The molecule has 1 N–H and O–H groups in total. The fourth-order valence-corrected chi connectivity index (χ4v) is 2.76. The topological polar surface area (TPSA) is 43.8 Å². The molecule has 0 unspecified atom stereocenters. The lowest BCUT2D eigenvalue weighted by atomic mass is 10.0. The summed E-state index contributed by atoms with van der Waals surface area (Å²) in [6.07, 6.45) is 4.44. The molecule has 0 spiro atoms. The predicted octanol–water partition coefficient (Wildman–Crippen LogP) is 2.45. The van der Waals surface area contributed by atoms with E-state index in [0.29, 0.717) is 11.3 Å². The van der Waals surface area contributed by atoms with Gasteiger partial charge in [0.15, 0.2) is 0 Å². The van der Waals surface area contributed by atoms with Gasteiger partial charge in [0, 0.05) is 24.7 Å². The molecule has 0 radical (unpaired) electrons. The average molecular weight is 292 g/mol. The van der Waals surface area contributed by atoms with Crippen LogP contribution in [0, 0.1) is 5.82 Å². The number of hydrogen-bond acceptors (Lipinski definition) is 3. The van der Waals surface area contributed by atoms with Crippen molar-refractivity contribution in [1.29, 1.82) is 0 Å². The molecule has 0 aromatic heterocycles. The third kappa shape index (κ3) is 3.82. The van der Waals surface area contributed by atoms with Gasteiger partial charge in [0.1, 0.15) is 5.82 Å². The van der Waals surface area contributed by atoms with Crippen molar-refractivity contribution in [2.24, 2.45) is 0 Å². The van der Waals surface area contributed by atoms with Gasteiger partial charge in [-0.25, -0.2) is 9.18 Å². The molecule has 21 heavy (non-hydrogen) atoms. The summed E-state index contributed by atoms with van der Waals surface area (Å²) in [6.45, 7) is 1.98. The van der Waals surface area contributed by atoms with Gasteiger partial charge in [-0.15, -0.1) is 0 Å². The molecule has 1 aromatic rings. The van der Waals surface area contributed by atoms with Crippen molar-refractivity contribution >= 4 is 17.7 Å². The minimum absolute atomic E-state index is 0.273. The van der Waals surface area contributed by atoms with E-state index in [1.807, 2.05) is 11.9 Å². The van der Waals surface area contributed by atoms with Gasteiger partial charge in [0.05, 0.1) is 5.69 Å². The maximum Gasteiger partial charge on any atom is 0.328 e. The Labute approximate surface area is 124 Å². The van der Waals surface area contributed by atoms with Crippen LogP contribution < -0.4 is 4.90 Å². The molecule has 1 aliphatic rings. The molecule has 4 nitrogen and oxygen atoms in total. The summed E-state index contributed by atoms with van der Waals surface area (Å²) in [5.41, 5.74) is 1.07. The van der Waals surface area contributed by atoms with Crippen LogP contribution in [0.25, 0.3) is 6.08 Å². The summed E-state index contributed by atoms with van der Waals surface area (Å²) >= 11 is 0. The van der Waals surface area contributed by atoms with E-state index in [2.05, 4.69) is 11.9 Å². The lowest BCUT2D eigenvalue weighted by Gasteiger charge is -2.37. The van der Waals surface area contributed by atoms with E-state index >= 15 is 0 Å². The van der Waals surface area contributed by atoms with Crippen LogP contribution in [-0.2, 0) is 4.79 Å². The number of aliphatic carboxylic acids is 1. The van der Waals surface area contributed by atoms with Crippen LogP contribution in [0.5, 0.6) is 0 Å². The van der Waals surface area contributed by atoms with Crippen molar-refractivity contribution in [1.82, 2.24) is 4.90 Å². The maximum absolute atomic E-state index is 14.2. The highest BCUT2D eigenvalue weighted by atomic mass is 19.1. The number of anilines is 1. The van der Waals surface area contributed by atoms with Crippen molar-refractivity contribution in [3.05, 3.63) is 35.7 Å². The molecule has 114 valence electrons. The monoisotopic (exact) mass is 292 g/mol. The van der Waals surface area contributed by atoms with E-state index in [0.717, 1.165) is 32.0 Å². The van der Waals surface area contributed by atoms with E-state index in [1.165, 1.54) is 12.1 Å². The highest BCUT2D eigenvalue weighted by Gasteiger charge is 2.23. The Hall–Kier alpha value is -1.88. The number of piperidine rings is 1. The van der Waals surface area contributed by atoms with Crippen molar-refractivity contribution in [3.63, 3.8) is 0 Å². The summed E-state index contributed by atoms with van der Waals surface area (Å²) in [7, 11) is 3.97. The summed E-state index contributed by atoms with van der Waals surface area (Å²) in [6, 6.07) is 5.03. The zero-order valence-corrected chi connectivity index (χ0v) is 12.4. The van der Waals surface area contributed by atoms with E-state index in [4.69, 9.17) is 5.11 Å². The van der Waals surface area contributed by atoms with Crippen LogP contribution in [-0.4, -0.2) is 49.2 Å². The van der Waals surface area contributed by atoms with E-state index in [1.54, 1.807) is 12.1 Å². The first-order chi connectivity index (χ1) is 9.99. The minimum atomic E-state index is -1.04. The van der Waals surface area contributed by atoms with Crippen LogP contribution in [0.4, 0.5) is 10.1 Å². The molecular formula is C16H21FN2O2. The lowest BCUT2D eigenvalue weighted by Crippen LogP contribution is -2.42. The lowest BCUT2D eigenvalue weighted by molar-refractivity contribution is -0.131. The second-order valence-electron chi connectivity index (χ2n) is 5.49. The van der Waals surface area contributed by atoms with Crippen molar-refractivity contribution in [2.45, 2.75) is 18.9 Å². The zero-order valence-electron chi connectivity index (χ0n) is 12.4. The van der Waals surface area contributed by atoms with Crippen LogP contribution in [0.2, 0.25) is 0 Å². The van der Waals surface area contributed by atoms with Gasteiger partial charge >= 0.3 is 5.97 Å². The molecule has 0 saturated carbocycles. The number of nitrogens with zero attached hydrogens (tertiary/aromatic N) is 2. The Bertz CT molecular complexity index is 537. The number of hydrogen-bond donors (Lipinski definition) is 1. The van der Waals surface area contributed by atoms with Gasteiger partial charge in [-0.2, -0.15) is 0 Å². The second kappa shape index (κ2) is 6.72. The third-order valence-electron chi connectivity index (χ3n) is 4.01. The standard InChI is InChI=1S/C16H21FN2O2/c1-18-10-8-13(9-11-18)19(2)16-12(6-7-15(20)21)4-3-5-14(16)17/h3-7,13H,8-11H2,1-2H3,(H,20,21)/b7-6+. The largest absolute Gasteiger partial charge is 0.478 e. The summed E-state index contributed by atoms with van der Waals surface area (Å²) < 4.78 is 14.2.